The number of nitrogens with zero attached hydrogens (tertiary/aromatic N) is 6. The number of hydrogen-bond acceptors (Lipinski definition) is 8. The van der Waals surface area contributed by atoms with E-state index in [1.807, 2.05) is 120 Å². The molecule has 5 heterocycles. The van der Waals surface area contributed by atoms with Crippen molar-refractivity contribution in [1.29, 1.82) is 0 Å². The summed E-state index contributed by atoms with van der Waals surface area (Å²) in [5.41, 5.74) is 6.48. The van der Waals surface area contributed by atoms with Gasteiger partial charge in [0.15, 0.2) is 0 Å². The van der Waals surface area contributed by atoms with Crippen LogP contribution in [0.5, 0.6) is 23.0 Å². The first-order valence-electron chi connectivity index (χ1n) is 17.1. The summed E-state index contributed by atoms with van der Waals surface area (Å²) in [6.45, 7) is 0. The van der Waals surface area contributed by atoms with Crippen LogP contribution in [0.3, 0.4) is 0 Å². The third kappa shape index (κ3) is 7.27. The van der Waals surface area contributed by atoms with E-state index in [2.05, 4.69) is 40.3 Å². The molecule has 8 nitrogen and oxygen atoms in total. The van der Waals surface area contributed by atoms with Crippen molar-refractivity contribution in [3.63, 3.8) is 0 Å². The fourth-order valence-corrected chi connectivity index (χ4v) is 7.22. The molecule has 0 atom stereocenters. The summed E-state index contributed by atoms with van der Waals surface area (Å²) in [6.07, 6.45) is 7.12. The molecule has 0 aliphatic heterocycles. The van der Waals surface area contributed by atoms with E-state index in [0.717, 1.165) is 54.1 Å². The van der Waals surface area contributed by atoms with Crippen LogP contribution >= 0.6 is 11.3 Å². The zero-order valence-electron chi connectivity index (χ0n) is 28.9. The number of thiazole rings is 1. The normalized spacial score (nSPS) is 10.9. The van der Waals surface area contributed by atoms with E-state index in [1.54, 1.807) is 36.1 Å². The molecule has 10 rings (SSSR count). The van der Waals surface area contributed by atoms with E-state index < -0.39 is 0 Å². The molecule has 272 valence electrons. The predicted octanol–water partition coefficient (Wildman–Crippen LogP) is 10.8. The zero-order valence-corrected chi connectivity index (χ0v) is 32.8. The van der Waals surface area contributed by atoms with Crippen molar-refractivity contribution in [1.82, 2.24) is 29.5 Å². The number of para-hydroxylation sites is 1. The van der Waals surface area contributed by atoms with Crippen LogP contribution in [0, 0.1) is 24.3 Å². The SMILES string of the molecule is [Pd+2].[Pd+2].[c-]1c(Oc2[c-]c3c(cc2)c2ccc(Oc4[c-]c(-c5ccccn5)ccc4)[c-]c2n3-c2ncc(-c3nc4ccccc4s3)cn2)cccc1-c1ccccn1. The predicted molar refractivity (Wildman–Crippen MR) is 210 cm³/mol. The summed E-state index contributed by atoms with van der Waals surface area (Å²) in [7, 11) is 0. The Bertz CT molecular complexity index is 2780. The molecule has 0 aliphatic rings. The Balaban J connectivity index is 0.00000220. The number of benzene rings is 5. The van der Waals surface area contributed by atoms with Gasteiger partial charge in [0.2, 0.25) is 5.95 Å². The monoisotopic (exact) mass is 924 g/mol. The Labute approximate surface area is 353 Å². The zero-order chi connectivity index (χ0) is 35.8. The first-order chi connectivity index (χ1) is 26.7. The van der Waals surface area contributed by atoms with Crippen molar-refractivity contribution in [2.75, 3.05) is 0 Å². The molecule has 0 unspecified atom stereocenters. The summed E-state index contributed by atoms with van der Waals surface area (Å²) in [6, 6.07) is 52.6. The second kappa shape index (κ2) is 16.1. The number of ether oxygens (including phenoxy) is 2. The molecular formula is C45H24N6O2Pd2S. The van der Waals surface area contributed by atoms with E-state index in [4.69, 9.17) is 24.4 Å². The van der Waals surface area contributed by atoms with E-state index >= 15 is 0 Å². The molecule has 10 aromatic rings. The fourth-order valence-electron chi connectivity index (χ4n) is 6.28. The van der Waals surface area contributed by atoms with Crippen molar-refractivity contribution in [2.24, 2.45) is 0 Å². The van der Waals surface area contributed by atoms with Gasteiger partial charge >= 0.3 is 40.8 Å². The van der Waals surface area contributed by atoms with Crippen LogP contribution in [0.2, 0.25) is 0 Å². The fraction of sp³-hybridized carbons (Fsp3) is 0. The molecule has 0 saturated heterocycles. The quantitative estimate of drug-likeness (QED) is 0.111. The van der Waals surface area contributed by atoms with E-state index in [9.17, 15) is 0 Å². The Morgan fingerprint density at radius 3 is 1.57 bits per heavy atom. The molecule has 0 amide bonds. The molecule has 5 aromatic heterocycles. The Morgan fingerprint density at radius 2 is 1.04 bits per heavy atom. The van der Waals surface area contributed by atoms with Crippen LogP contribution in [0.1, 0.15) is 0 Å². The minimum atomic E-state index is 0. The minimum absolute atomic E-state index is 0. The summed E-state index contributed by atoms with van der Waals surface area (Å²) in [5, 5.41) is 2.70. The second-order valence-corrected chi connectivity index (χ2v) is 13.3. The van der Waals surface area contributed by atoms with Gasteiger partial charge in [-0.15, -0.1) is 83.1 Å². The topological polar surface area (TPSA) is 87.8 Å². The summed E-state index contributed by atoms with van der Waals surface area (Å²) in [5.74, 6) is 2.53. The Hall–Kier alpha value is -5.91. The van der Waals surface area contributed by atoms with Gasteiger partial charge in [-0.25, -0.2) is 15.0 Å². The van der Waals surface area contributed by atoms with Gasteiger partial charge in [-0.3, -0.25) is 0 Å². The average Bonchev–Trinajstić information content (AvgIpc) is 3.81. The molecule has 0 radical (unpaired) electrons. The molecule has 0 saturated carbocycles. The van der Waals surface area contributed by atoms with Gasteiger partial charge < -0.3 is 24.0 Å². The van der Waals surface area contributed by atoms with Gasteiger partial charge in [0.05, 0.1) is 10.2 Å². The summed E-state index contributed by atoms with van der Waals surface area (Å²) < 4.78 is 15.7. The van der Waals surface area contributed by atoms with Crippen molar-refractivity contribution in [3.05, 3.63) is 170 Å². The average molecular weight is 926 g/mol. The molecule has 0 aliphatic carbocycles. The third-order valence-corrected chi connectivity index (χ3v) is 9.86. The number of aromatic nitrogens is 6. The molecule has 11 heteroatoms. The van der Waals surface area contributed by atoms with Gasteiger partial charge in [0.1, 0.15) is 5.01 Å². The second-order valence-electron chi connectivity index (χ2n) is 12.3. The molecule has 0 bridgehead atoms. The first-order valence-corrected chi connectivity index (χ1v) is 17.9. The van der Waals surface area contributed by atoms with Crippen LogP contribution in [0.4, 0.5) is 0 Å². The van der Waals surface area contributed by atoms with Crippen LogP contribution < -0.4 is 9.47 Å². The number of rotatable bonds is 8. The molecular weight excluding hydrogens is 901 g/mol. The molecule has 0 spiro atoms. The van der Waals surface area contributed by atoms with Crippen LogP contribution in [-0.2, 0) is 40.8 Å². The standard InChI is InChI=1S/C45H24N6O2S.2Pd/c1-2-16-43-40(15-1)50-44(54-43)31-27-48-45(49-28-31)51-41-25-34(52-32-11-7-9-29(23-32)38-13-3-5-21-46-38)17-19-36(41)37-20-18-35(26-42(37)51)53-33-12-8-10-30(24-33)39-14-4-6-22-47-39;;/h1-22,27-28H;;/q-4;2*+2. The maximum atomic E-state index is 6.35. The van der Waals surface area contributed by atoms with Gasteiger partial charge in [-0.05, 0) is 35.7 Å². The van der Waals surface area contributed by atoms with Crippen molar-refractivity contribution in [3.8, 4) is 62.0 Å². The van der Waals surface area contributed by atoms with Crippen molar-refractivity contribution < 1.29 is 50.3 Å². The smallest absolute Gasteiger partial charge is 0.503 e. The molecule has 0 fully saturated rings. The largest absolute Gasteiger partial charge is 2.00 e. The van der Waals surface area contributed by atoms with E-state index in [1.165, 1.54) is 0 Å². The van der Waals surface area contributed by atoms with Crippen LogP contribution in [0.25, 0.3) is 71.1 Å². The minimum Gasteiger partial charge on any atom is -0.503 e. The van der Waals surface area contributed by atoms with Crippen LogP contribution in [0.15, 0.2) is 146 Å². The van der Waals surface area contributed by atoms with Gasteiger partial charge in [0.25, 0.3) is 0 Å². The summed E-state index contributed by atoms with van der Waals surface area (Å²) >= 11 is 1.61. The van der Waals surface area contributed by atoms with Gasteiger partial charge in [-0.1, -0.05) is 59.6 Å². The maximum absolute atomic E-state index is 6.35. The van der Waals surface area contributed by atoms with E-state index in [-0.39, 0.29) is 40.8 Å². The van der Waals surface area contributed by atoms with Crippen LogP contribution in [-0.4, -0.2) is 29.5 Å². The van der Waals surface area contributed by atoms with Gasteiger partial charge in [-0.2, -0.15) is 22.9 Å². The van der Waals surface area contributed by atoms with Crippen molar-refractivity contribution >= 4 is 43.4 Å². The number of fused-ring (bicyclic) bond motifs is 4. The molecule has 0 N–H and O–H groups in total. The third-order valence-electron chi connectivity index (χ3n) is 8.77. The molecule has 5 aromatic carbocycles. The van der Waals surface area contributed by atoms with E-state index in [0.29, 0.717) is 40.0 Å². The Morgan fingerprint density at radius 1 is 0.500 bits per heavy atom. The van der Waals surface area contributed by atoms with Crippen molar-refractivity contribution in [2.45, 2.75) is 0 Å². The Kier molecular flexibility index (Phi) is 10.6. The maximum Gasteiger partial charge on any atom is 2.00 e. The van der Waals surface area contributed by atoms with Gasteiger partial charge in [0, 0.05) is 53.3 Å². The number of pyridine rings is 2. The number of hydrogen-bond donors (Lipinski definition) is 0. The summed E-state index contributed by atoms with van der Waals surface area (Å²) in [4.78, 5) is 23.4. The molecule has 56 heavy (non-hydrogen) atoms. The first kappa shape index (κ1) is 37.0.